The van der Waals surface area contributed by atoms with Crippen molar-refractivity contribution < 1.29 is 13.5 Å². The van der Waals surface area contributed by atoms with Crippen molar-refractivity contribution in [2.75, 3.05) is 6.61 Å². The Labute approximate surface area is 74.8 Å². The predicted molar refractivity (Wildman–Crippen MR) is 45.2 cm³/mol. The maximum atomic E-state index is 11.7. The van der Waals surface area contributed by atoms with E-state index in [4.69, 9.17) is 4.74 Å². The van der Waals surface area contributed by atoms with E-state index in [2.05, 4.69) is 12.6 Å². The highest BCUT2D eigenvalue weighted by Crippen LogP contribution is 2.21. The lowest BCUT2D eigenvalue weighted by atomic mass is 10.3. The van der Waals surface area contributed by atoms with Crippen LogP contribution in [0.3, 0.4) is 0 Å². The normalized spacial score (nSPS) is 10.3. The summed E-state index contributed by atoms with van der Waals surface area (Å²) in [5.74, 6) is 0.390. The van der Waals surface area contributed by atoms with Crippen LogP contribution in [0.2, 0.25) is 0 Å². The second kappa shape index (κ2) is 4.30. The first-order valence-corrected chi connectivity index (χ1v) is 3.84. The second-order valence-electron chi connectivity index (χ2n) is 2.17. The maximum Gasteiger partial charge on any atom is 0.272 e. The van der Waals surface area contributed by atoms with Gasteiger partial charge in [-0.1, -0.05) is 12.1 Å². The molecule has 0 spiro atoms. The fraction of sp³-hybridized carbons (Fsp3) is 0.250. The molecule has 12 heavy (non-hydrogen) atoms. The van der Waals surface area contributed by atoms with Gasteiger partial charge in [0, 0.05) is 4.90 Å². The first-order chi connectivity index (χ1) is 5.70. The first-order valence-electron chi connectivity index (χ1n) is 3.39. The Bertz CT molecular complexity index is 253. The van der Waals surface area contributed by atoms with Gasteiger partial charge in [-0.05, 0) is 12.1 Å². The van der Waals surface area contributed by atoms with Crippen LogP contribution in [0.25, 0.3) is 0 Å². The lowest BCUT2D eigenvalue weighted by Crippen LogP contribution is -2.07. The van der Waals surface area contributed by atoms with E-state index >= 15 is 0 Å². The number of alkyl halides is 2. The van der Waals surface area contributed by atoms with Crippen molar-refractivity contribution in [2.45, 2.75) is 11.3 Å². The minimum Gasteiger partial charge on any atom is -0.486 e. The molecule has 1 aromatic carbocycles. The molecule has 0 aromatic heterocycles. The number of hydrogen-bond acceptors (Lipinski definition) is 2. The van der Waals surface area contributed by atoms with E-state index in [0.717, 1.165) is 0 Å². The minimum absolute atomic E-state index is 0.390. The Morgan fingerprint density at radius 3 is 2.58 bits per heavy atom. The van der Waals surface area contributed by atoms with Crippen molar-refractivity contribution >= 4 is 12.6 Å². The average Bonchev–Trinajstić information content (AvgIpc) is 2.03. The Morgan fingerprint density at radius 2 is 2.00 bits per heavy atom. The Kier molecular flexibility index (Phi) is 3.34. The highest BCUT2D eigenvalue weighted by Gasteiger charge is 2.04. The van der Waals surface area contributed by atoms with Crippen LogP contribution in [0.1, 0.15) is 0 Å². The van der Waals surface area contributed by atoms with Gasteiger partial charge in [0.05, 0.1) is 0 Å². The number of rotatable bonds is 3. The predicted octanol–water partition coefficient (Wildman–Crippen LogP) is 2.62. The van der Waals surface area contributed by atoms with Gasteiger partial charge in [0.25, 0.3) is 6.43 Å². The van der Waals surface area contributed by atoms with Gasteiger partial charge >= 0.3 is 0 Å². The van der Waals surface area contributed by atoms with Gasteiger partial charge < -0.3 is 4.74 Å². The van der Waals surface area contributed by atoms with Crippen molar-refractivity contribution in [3.8, 4) is 5.75 Å². The van der Waals surface area contributed by atoms with Crippen LogP contribution in [-0.2, 0) is 0 Å². The molecule has 0 saturated heterocycles. The average molecular weight is 190 g/mol. The molecule has 1 nitrogen and oxygen atoms in total. The molecule has 0 aliphatic heterocycles. The number of halogens is 2. The zero-order chi connectivity index (χ0) is 8.97. The van der Waals surface area contributed by atoms with Crippen LogP contribution >= 0.6 is 12.6 Å². The molecule has 0 aliphatic carbocycles. The van der Waals surface area contributed by atoms with Crippen LogP contribution < -0.4 is 4.74 Å². The molecule has 66 valence electrons. The molecule has 0 unspecified atom stereocenters. The lowest BCUT2D eigenvalue weighted by Gasteiger charge is -2.06. The van der Waals surface area contributed by atoms with Gasteiger partial charge in [0.2, 0.25) is 0 Å². The van der Waals surface area contributed by atoms with Gasteiger partial charge in [-0.3, -0.25) is 0 Å². The molecule has 0 saturated carbocycles. The standard InChI is InChI=1S/C8H8F2OS/c9-8(10)5-11-6-3-1-2-4-7(6)12/h1-4,8,12H,5H2. The molecule has 0 radical (unpaired) electrons. The molecule has 0 N–H and O–H groups in total. The van der Waals surface area contributed by atoms with E-state index in [9.17, 15) is 8.78 Å². The van der Waals surface area contributed by atoms with Gasteiger partial charge in [-0.2, -0.15) is 0 Å². The zero-order valence-electron chi connectivity index (χ0n) is 6.21. The molecule has 0 aliphatic rings. The van der Waals surface area contributed by atoms with Crippen molar-refractivity contribution in [2.24, 2.45) is 0 Å². The maximum absolute atomic E-state index is 11.7. The molecule has 4 heteroatoms. The molecular formula is C8H8F2OS. The Hall–Kier alpha value is -0.770. The van der Waals surface area contributed by atoms with Gasteiger partial charge in [-0.15, -0.1) is 12.6 Å². The van der Waals surface area contributed by atoms with E-state index in [0.29, 0.717) is 10.6 Å². The SMILES string of the molecule is FC(F)COc1ccccc1S. The van der Waals surface area contributed by atoms with Crippen molar-refractivity contribution in [3.63, 3.8) is 0 Å². The van der Waals surface area contributed by atoms with Crippen LogP contribution in [0.4, 0.5) is 8.78 Å². The number of benzene rings is 1. The summed E-state index contributed by atoms with van der Waals surface area (Å²) < 4.78 is 28.2. The monoisotopic (exact) mass is 190 g/mol. The van der Waals surface area contributed by atoms with E-state index in [-0.39, 0.29) is 0 Å². The zero-order valence-corrected chi connectivity index (χ0v) is 7.10. The number of ether oxygens (including phenoxy) is 1. The summed E-state index contributed by atoms with van der Waals surface area (Å²) in [6.45, 7) is -0.586. The third kappa shape index (κ3) is 2.70. The van der Waals surface area contributed by atoms with Crippen LogP contribution in [0.15, 0.2) is 29.2 Å². The third-order valence-corrected chi connectivity index (χ3v) is 1.60. The lowest BCUT2D eigenvalue weighted by molar-refractivity contribution is 0.0805. The molecule has 1 aromatic rings. The van der Waals surface area contributed by atoms with E-state index in [1.165, 1.54) is 0 Å². The summed E-state index contributed by atoms with van der Waals surface area (Å²) >= 11 is 4.03. The molecular weight excluding hydrogens is 182 g/mol. The highest BCUT2D eigenvalue weighted by atomic mass is 32.1. The minimum atomic E-state index is -2.45. The molecule has 0 fully saturated rings. The molecule has 0 heterocycles. The second-order valence-corrected chi connectivity index (χ2v) is 2.65. The fourth-order valence-corrected chi connectivity index (χ4v) is 0.957. The summed E-state index contributed by atoms with van der Waals surface area (Å²) in [5, 5.41) is 0. The Morgan fingerprint density at radius 1 is 1.33 bits per heavy atom. The van der Waals surface area contributed by atoms with E-state index in [1.807, 2.05) is 0 Å². The van der Waals surface area contributed by atoms with Gasteiger partial charge in [0.15, 0.2) is 0 Å². The number of thiol groups is 1. The first kappa shape index (κ1) is 9.32. The quantitative estimate of drug-likeness (QED) is 0.721. The fourth-order valence-electron chi connectivity index (χ4n) is 0.732. The summed E-state index contributed by atoms with van der Waals surface area (Å²) in [6.07, 6.45) is -2.45. The molecule has 0 bridgehead atoms. The van der Waals surface area contributed by atoms with Crippen LogP contribution in [0, 0.1) is 0 Å². The topological polar surface area (TPSA) is 9.23 Å². The van der Waals surface area contributed by atoms with Crippen LogP contribution in [0.5, 0.6) is 5.75 Å². The van der Waals surface area contributed by atoms with Crippen molar-refractivity contribution in [3.05, 3.63) is 24.3 Å². The molecule has 1 rings (SSSR count). The number of hydrogen-bond donors (Lipinski definition) is 1. The summed E-state index contributed by atoms with van der Waals surface area (Å²) in [4.78, 5) is 0.568. The van der Waals surface area contributed by atoms with Gasteiger partial charge in [-0.25, -0.2) is 8.78 Å². The van der Waals surface area contributed by atoms with Crippen molar-refractivity contribution in [1.82, 2.24) is 0 Å². The summed E-state index contributed by atoms with van der Waals surface area (Å²) in [5.41, 5.74) is 0. The van der Waals surface area contributed by atoms with Crippen molar-refractivity contribution in [1.29, 1.82) is 0 Å². The van der Waals surface area contributed by atoms with E-state index in [1.54, 1.807) is 24.3 Å². The largest absolute Gasteiger partial charge is 0.486 e. The smallest absolute Gasteiger partial charge is 0.272 e. The molecule has 0 amide bonds. The molecule has 0 atom stereocenters. The Balaban J connectivity index is 2.57. The van der Waals surface area contributed by atoms with Crippen LogP contribution in [-0.4, -0.2) is 13.0 Å². The third-order valence-electron chi connectivity index (χ3n) is 1.23. The number of para-hydroxylation sites is 1. The van der Waals surface area contributed by atoms with Gasteiger partial charge in [0.1, 0.15) is 12.4 Å². The summed E-state index contributed by atoms with van der Waals surface area (Å²) in [6, 6.07) is 6.76. The highest BCUT2D eigenvalue weighted by molar-refractivity contribution is 7.80. The van der Waals surface area contributed by atoms with E-state index < -0.39 is 13.0 Å². The summed E-state index contributed by atoms with van der Waals surface area (Å²) in [7, 11) is 0.